The highest BCUT2D eigenvalue weighted by molar-refractivity contribution is 9.10. The van der Waals surface area contributed by atoms with Crippen LogP contribution in [0.3, 0.4) is 0 Å². The Balaban J connectivity index is 0.00000361. The SMILES string of the molecule is COCCNCC(=O)NCCOc1cccc(Br)c1.Cl. The van der Waals surface area contributed by atoms with E-state index in [-0.39, 0.29) is 18.3 Å². The molecule has 5 nitrogen and oxygen atoms in total. The fourth-order valence-corrected chi connectivity index (χ4v) is 1.73. The summed E-state index contributed by atoms with van der Waals surface area (Å²) in [5.41, 5.74) is 0. The molecule has 0 fully saturated rings. The standard InChI is InChI=1S/C13H19BrN2O3.ClH/c1-18-7-5-15-10-13(17)16-6-8-19-12-4-2-3-11(14)9-12;/h2-4,9,15H,5-8,10H2,1H3,(H,16,17);1H. The molecule has 0 aliphatic rings. The van der Waals surface area contributed by atoms with Crippen LogP contribution in [0.4, 0.5) is 0 Å². The lowest BCUT2D eigenvalue weighted by atomic mass is 10.3. The van der Waals surface area contributed by atoms with Crippen LogP contribution in [-0.4, -0.2) is 45.9 Å². The molecule has 0 bridgehead atoms. The molecule has 1 amide bonds. The average molecular weight is 368 g/mol. The Kier molecular flexibility index (Phi) is 11.5. The Bertz CT molecular complexity index is 394. The number of benzene rings is 1. The summed E-state index contributed by atoms with van der Waals surface area (Å²) in [5, 5.41) is 5.73. The Hall–Kier alpha value is -0.820. The fourth-order valence-electron chi connectivity index (χ4n) is 1.35. The largest absolute Gasteiger partial charge is 0.492 e. The van der Waals surface area contributed by atoms with Gasteiger partial charge in [-0.2, -0.15) is 0 Å². The second kappa shape index (κ2) is 12.0. The number of nitrogens with one attached hydrogen (secondary N) is 2. The number of carbonyl (C=O) groups excluding carboxylic acids is 1. The lowest BCUT2D eigenvalue weighted by Crippen LogP contribution is -2.37. The predicted octanol–water partition coefficient (Wildman–Crippen LogP) is 1.60. The van der Waals surface area contributed by atoms with Crippen molar-refractivity contribution in [1.29, 1.82) is 0 Å². The van der Waals surface area contributed by atoms with E-state index >= 15 is 0 Å². The van der Waals surface area contributed by atoms with Crippen molar-refractivity contribution in [3.8, 4) is 5.75 Å². The molecule has 0 unspecified atom stereocenters. The molecule has 0 saturated carbocycles. The Morgan fingerprint density at radius 3 is 2.80 bits per heavy atom. The van der Waals surface area contributed by atoms with Gasteiger partial charge in [-0.15, -0.1) is 12.4 Å². The van der Waals surface area contributed by atoms with Crippen molar-refractivity contribution in [2.75, 3.05) is 40.0 Å². The first kappa shape index (κ1) is 19.2. The van der Waals surface area contributed by atoms with Gasteiger partial charge in [0.2, 0.25) is 5.91 Å². The number of ether oxygens (including phenoxy) is 2. The van der Waals surface area contributed by atoms with Gasteiger partial charge in [-0.1, -0.05) is 22.0 Å². The molecule has 1 aromatic rings. The van der Waals surface area contributed by atoms with Gasteiger partial charge < -0.3 is 20.1 Å². The zero-order valence-corrected chi connectivity index (χ0v) is 13.8. The maximum atomic E-state index is 11.4. The molecular formula is C13H20BrClN2O3. The van der Waals surface area contributed by atoms with E-state index in [2.05, 4.69) is 26.6 Å². The maximum absolute atomic E-state index is 11.4. The summed E-state index contributed by atoms with van der Waals surface area (Å²) >= 11 is 3.37. The third kappa shape index (κ3) is 9.14. The number of rotatable bonds is 9. The summed E-state index contributed by atoms with van der Waals surface area (Å²) in [6.07, 6.45) is 0. The highest BCUT2D eigenvalue weighted by Gasteiger charge is 2.00. The van der Waals surface area contributed by atoms with Gasteiger partial charge in [-0.05, 0) is 18.2 Å². The van der Waals surface area contributed by atoms with Crippen LogP contribution in [0.25, 0.3) is 0 Å². The quantitative estimate of drug-likeness (QED) is 0.651. The van der Waals surface area contributed by atoms with E-state index in [0.717, 1.165) is 10.2 Å². The molecule has 0 aromatic heterocycles. The molecule has 2 N–H and O–H groups in total. The van der Waals surface area contributed by atoms with Crippen LogP contribution in [0.2, 0.25) is 0 Å². The third-order valence-corrected chi connectivity index (χ3v) is 2.75. The van der Waals surface area contributed by atoms with Gasteiger partial charge >= 0.3 is 0 Å². The van der Waals surface area contributed by atoms with Crippen molar-refractivity contribution >= 4 is 34.2 Å². The van der Waals surface area contributed by atoms with Crippen LogP contribution in [0, 0.1) is 0 Å². The second-order valence-electron chi connectivity index (χ2n) is 3.83. The van der Waals surface area contributed by atoms with E-state index < -0.39 is 0 Å². The van der Waals surface area contributed by atoms with Gasteiger partial charge in [0, 0.05) is 18.1 Å². The van der Waals surface area contributed by atoms with E-state index in [1.165, 1.54) is 0 Å². The average Bonchev–Trinajstić information content (AvgIpc) is 2.40. The molecule has 0 heterocycles. The van der Waals surface area contributed by atoms with Gasteiger partial charge in [0.25, 0.3) is 0 Å². The molecule has 0 aliphatic heterocycles. The van der Waals surface area contributed by atoms with Crippen LogP contribution >= 0.6 is 28.3 Å². The third-order valence-electron chi connectivity index (χ3n) is 2.26. The molecule has 1 rings (SSSR count). The normalized spacial score (nSPS) is 9.70. The van der Waals surface area contributed by atoms with Gasteiger partial charge in [-0.3, -0.25) is 4.79 Å². The summed E-state index contributed by atoms with van der Waals surface area (Å²) in [7, 11) is 1.63. The molecule has 114 valence electrons. The Morgan fingerprint density at radius 1 is 1.30 bits per heavy atom. The minimum Gasteiger partial charge on any atom is -0.492 e. The van der Waals surface area contributed by atoms with Gasteiger partial charge in [0.15, 0.2) is 0 Å². The van der Waals surface area contributed by atoms with E-state index in [0.29, 0.717) is 32.8 Å². The lowest BCUT2D eigenvalue weighted by molar-refractivity contribution is -0.120. The summed E-state index contributed by atoms with van der Waals surface area (Å²) in [6.45, 7) is 2.48. The number of carbonyl (C=O) groups is 1. The second-order valence-corrected chi connectivity index (χ2v) is 4.74. The van der Waals surface area contributed by atoms with E-state index in [9.17, 15) is 4.79 Å². The van der Waals surface area contributed by atoms with Crippen molar-refractivity contribution in [3.63, 3.8) is 0 Å². The smallest absolute Gasteiger partial charge is 0.234 e. The molecular weight excluding hydrogens is 348 g/mol. The zero-order valence-electron chi connectivity index (χ0n) is 11.4. The van der Waals surface area contributed by atoms with Crippen LogP contribution < -0.4 is 15.4 Å². The van der Waals surface area contributed by atoms with Crippen molar-refractivity contribution < 1.29 is 14.3 Å². The first-order chi connectivity index (χ1) is 9.22. The van der Waals surface area contributed by atoms with E-state index in [1.807, 2.05) is 24.3 Å². The monoisotopic (exact) mass is 366 g/mol. The zero-order chi connectivity index (χ0) is 13.9. The molecule has 0 aliphatic carbocycles. The summed E-state index contributed by atoms with van der Waals surface area (Å²) in [5.74, 6) is 0.732. The fraction of sp³-hybridized carbons (Fsp3) is 0.462. The summed E-state index contributed by atoms with van der Waals surface area (Å²) in [6, 6.07) is 7.59. The topological polar surface area (TPSA) is 59.6 Å². The van der Waals surface area contributed by atoms with Crippen molar-refractivity contribution in [2.24, 2.45) is 0 Å². The number of halogens is 2. The van der Waals surface area contributed by atoms with E-state index in [4.69, 9.17) is 9.47 Å². The molecule has 0 atom stereocenters. The Morgan fingerprint density at radius 2 is 2.10 bits per heavy atom. The number of amides is 1. The minimum absolute atomic E-state index is 0. The number of methoxy groups -OCH3 is 1. The molecule has 0 saturated heterocycles. The number of hydrogen-bond acceptors (Lipinski definition) is 4. The van der Waals surface area contributed by atoms with Crippen molar-refractivity contribution in [2.45, 2.75) is 0 Å². The van der Waals surface area contributed by atoms with Gasteiger partial charge in [0.1, 0.15) is 12.4 Å². The van der Waals surface area contributed by atoms with E-state index in [1.54, 1.807) is 7.11 Å². The van der Waals surface area contributed by atoms with Crippen LogP contribution in [0.1, 0.15) is 0 Å². The molecule has 7 heteroatoms. The molecule has 1 aromatic carbocycles. The predicted molar refractivity (Wildman–Crippen MR) is 84.6 cm³/mol. The van der Waals surface area contributed by atoms with Gasteiger partial charge in [0.05, 0.1) is 19.7 Å². The Labute approximate surface area is 133 Å². The first-order valence-corrected chi connectivity index (χ1v) is 6.86. The minimum atomic E-state index is -0.0473. The first-order valence-electron chi connectivity index (χ1n) is 6.07. The van der Waals surface area contributed by atoms with Crippen molar-refractivity contribution in [3.05, 3.63) is 28.7 Å². The number of hydrogen-bond donors (Lipinski definition) is 2. The lowest BCUT2D eigenvalue weighted by Gasteiger charge is -2.08. The highest BCUT2D eigenvalue weighted by Crippen LogP contribution is 2.17. The molecule has 20 heavy (non-hydrogen) atoms. The highest BCUT2D eigenvalue weighted by atomic mass is 79.9. The summed E-state index contributed by atoms with van der Waals surface area (Å²) in [4.78, 5) is 11.4. The van der Waals surface area contributed by atoms with Crippen molar-refractivity contribution in [1.82, 2.24) is 10.6 Å². The van der Waals surface area contributed by atoms with Crippen LogP contribution in [-0.2, 0) is 9.53 Å². The van der Waals surface area contributed by atoms with Gasteiger partial charge in [-0.25, -0.2) is 0 Å². The maximum Gasteiger partial charge on any atom is 0.234 e. The molecule has 0 radical (unpaired) electrons. The van der Waals surface area contributed by atoms with Crippen LogP contribution in [0.15, 0.2) is 28.7 Å². The van der Waals surface area contributed by atoms with Crippen LogP contribution in [0.5, 0.6) is 5.75 Å². The summed E-state index contributed by atoms with van der Waals surface area (Å²) < 4.78 is 11.3. The molecule has 0 spiro atoms.